The van der Waals surface area contributed by atoms with E-state index in [1.54, 1.807) is 0 Å². The van der Waals surface area contributed by atoms with Gasteiger partial charge in [-0.25, -0.2) is 0 Å². The topological polar surface area (TPSA) is 66.4 Å². The second kappa shape index (κ2) is 6.13. The minimum atomic E-state index is -0.866. The lowest BCUT2D eigenvalue weighted by Gasteiger charge is -2.23. The maximum atomic E-state index is 12.4. The molecule has 1 saturated carbocycles. The van der Waals surface area contributed by atoms with E-state index in [1.165, 1.54) is 0 Å². The van der Waals surface area contributed by atoms with Crippen LogP contribution in [0.4, 0.5) is 0 Å². The van der Waals surface area contributed by atoms with Crippen LogP contribution in [0.25, 0.3) is 0 Å². The number of nitrogens with one attached hydrogen (secondary N) is 1. The summed E-state index contributed by atoms with van der Waals surface area (Å²) >= 11 is 5.83. The molecule has 0 aliphatic heterocycles. The van der Waals surface area contributed by atoms with E-state index in [0.29, 0.717) is 18.0 Å². The molecular formula is C17H18ClNO3. The Balaban J connectivity index is 1.56. The first-order chi connectivity index (χ1) is 10.6. The molecule has 2 aliphatic rings. The molecule has 2 bridgehead atoms. The molecule has 0 radical (unpaired) electrons. The van der Waals surface area contributed by atoms with Gasteiger partial charge in [0.2, 0.25) is 5.91 Å². The van der Waals surface area contributed by atoms with Crippen molar-refractivity contribution in [1.29, 1.82) is 0 Å². The number of rotatable bonds is 5. The minimum absolute atomic E-state index is 0.00881. The van der Waals surface area contributed by atoms with Crippen LogP contribution in [0.1, 0.15) is 12.0 Å². The van der Waals surface area contributed by atoms with Crippen molar-refractivity contribution < 1.29 is 14.7 Å². The van der Waals surface area contributed by atoms with E-state index >= 15 is 0 Å². The van der Waals surface area contributed by atoms with E-state index in [4.69, 9.17) is 11.6 Å². The molecule has 1 aromatic rings. The van der Waals surface area contributed by atoms with Crippen molar-refractivity contribution in [1.82, 2.24) is 5.32 Å². The summed E-state index contributed by atoms with van der Waals surface area (Å²) in [4.78, 5) is 23.8. The lowest BCUT2D eigenvalue weighted by Crippen LogP contribution is -2.40. The van der Waals surface area contributed by atoms with Crippen LogP contribution in [0, 0.1) is 23.7 Å². The third-order valence-corrected chi connectivity index (χ3v) is 4.93. The van der Waals surface area contributed by atoms with Gasteiger partial charge in [-0.3, -0.25) is 9.59 Å². The average molecular weight is 320 g/mol. The van der Waals surface area contributed by atoms with Crippen LogP contribution >= 0.6 is 11.6 Å². The number of hydrogen-bond donors (Lipinski definition) is 2. The van der Waals surface area contributed by atoms with Crippen LogP contribution in [-0.4, -0.2) is 23.5 Å². The maximum Gasteiger partial charge on any atom is 0.307 e. The first kappa shape index (κ1) is 15.1. The summed E-state index contributed by atoms with van der Waals surface area (Å²) in [5, 5.41) is 12.9. The third-order valence-electron chi connectivity index (χ3n) is 4.67. The van der Waals surface area contributed by atoms with Crippen LogP contribution in [0.3, 0.4) is 0 Å². The van der Waals surface area contributed by atoms with Gasteiger partial charge >= 0.3 is 5.97 Å². The second-order valence-corrected chi connectivity index (χ2v) is 6.44. The predicted octanol–water partition coefficient (Wildman–Crippen LogP) is 2.52. The molecule has 1 amide bonds. The van der Waals surface area contributed by atoms with Crippen molar-refractivity contribution >= 4 is 23.5 Å². The number of carbonyl (C=O) groups is 2. The van der Waals surface area contributed by atoms with Crippen molar-refractivity contribution in [2.45, 2.75) is 12.8 Å². The van der Waals surface area contributed by atoms with Gasteiger partial charge in [0, 0.05) is 11.6 Å². The molecule has 0 heterocycles. The van der Waals surface area contributed by atoms with E-state index in [9.17, 15) is 14.7 Å². The highest BCUT2D eigenvalue weighted by molar-refractivity contribution is 6.30. The van der Waals surface area contributed by atoms with Gasteiger partial charge in [0.1, 0.15) is 0 Å². The predicted molar refractivity (Wildman–Crippen MR) is 83.5 cm³/mol. The first-order valence-electron chi connectivity index (χ1n) is 7.49. The van der Waals surface area contributed by atoms with Gasteiger partial charge in [-0.15, -0.1) is 0 Å². The Hall–Kier alpha value is -1.81. The summed E-state index contributed by atoms with van der Waals surface area (Å²) in [7, 11) is 0. The van der Waals surface area contributed by atoms with Crippen molar-refractivity contribution in [3.8, 4) is 0 Å². The Morgan fingerprint density at radius 2 is 1.77 bits per heavy atom. The van der Waals surface area contributed by atoms with E-state index < -0.39 is 17.8 Å². The number of carboxylic acids is 1. The van der Waals surface area contributed by atoms with Crippen LogP contribution < -0.4 is 5.32 Å². The van der Waals surface area contributed by atoms with Crippen LogP contribution in [0.15, 0.2) is 36.4 Å². The smallest absolute Gasteiger partial charge is 0.307 e. The number of amides is 1. The Kier molecular flexibility index (Phi) is 4.21. The zero-order valence-corrected chi connectivity index (χ0v) is 12.8. The molecule has 1 aromatic carbocycles. The molecule has 116 valence electrons. The molecule has 2 aliphatic carbocycles. The molecule has 4 nitrogen and oxygen atoms in total. The normalized spacial score (nSPS) is 28.8. The Morgan fingerprint density at radius 1 is 1.14 bits per heavy atom. The molecule has 0 aromatic heterocycles. The number of carbonyl (C=O) groups excluding carboxylic acids is 1. The number of aliphatic carboxylic acids is 1. The monoisotopic (exact) mass is 319 g/mol. The fourth-order valence-corrected chi connectivity index (χ4v) is 3.74. The highest BCUT2D eigenvalue weighted by Gasteiger charge is 2.51. The van der Waals surface area contributed by atoms with Crippen molar-refractivity contribution in [2.24, 2.45) is 23.7 Å². The van der Waals surface area contributed by atoms with Gasteiger partial charge in [-0.05, 0) is 42.4 Å². The summed E-state index contributed by atoms with van der Waals surface area (Å²) in [5.41, 5.74) is 1.09. The number of fused-ring (bicyclic) bond motifs is 2. The Labute approximate surface area is 134 Å². The Morgan fingerprint density at radius 3 is 2.41 bits per heavy atom. The summed E-state index contributed by atoms with van der Waals surface area (Å²) in [5.74, 6) is -1.94. The van der Waals surface area contributed by atoms with E-state index in [0.717, 1.165) is 12.0 Å². The standard InChI is InChI=1S/C17H18ClNO3/c18-13-5-1-10(2-6-13)7-8-19-16(20)14-11-3-4-12(9-11)15(14)17(21)22/h1-6,11-12,14-15H,7-9H2,(H,19,20)(H,21,22)/t11-,12+,14-,15-/m0/s1. The fraction of sp³-hybridized carbons (Fsp3) is 0.412. The molecule has 22 heavy (non-hydrogen) atoms. The van der Waals surface area contributed by atoms with Gasteiger partial charge in [-0.1, -0.05) is 35.9 Å². The summed E-state index contributed by atoms with van der Waals surface area (Å²) in [6.07, 6.45) is 5.43. The summed E-state index contributed by atoms with van der Waals surface area (Å²) in [6, 6.07) is 7.49. The van der Waals surface area contributed by atoms with Gasteiger partial charge in [-0.2, -0.15) is 0 Å². The number of allylic oxidation sites excluding steroid dienone is 2. The minimum Gasteiger partial charge on any atom is -0.481 e. The van der Waals surface area contributed by atoms with Crippen molar-refractivity contribution in [3.05, 3.63) is 47.0 Å². The summed E-state index contributed by atoms with van der Waals surface area (Å²) < 4.78 is 0. The zero-order valence-electron chi connectivity index (χ0n) is 12.0. The number of halogens is 1. The molecule has 0 spiro atoms. The second-order valence-electron chi connectivity index (χ2n) is 6.01. The lowest BCUT2D eigenvalue weighted by molar-refractivity contribution is -0.147. The van der Waals surface area contributed by atoms with Gasteiger partial charge in [0.15, 0.2) is 0 Å². The number of carboxylic acid groups (broad SMARTS) is 1. The van der Waals surface area contributed by atoms with Crippen molar-refractivity contribution in [3.63, 3.8) is 0 Å². The van der Waals surface area contributed by atoms with Crippen molar-refractivity contribution in [2.75, 3.05) is 6.54 Å². The largest absolute Gasteiger partial charge is 0.481 e. The highest BCUT2D eigenvalue weighted by atomic mass is 35.5. The first-order valence-corrected chi connectivity index (χ1v) is 7.87. The van der Waals surface area contributed by atoms with Crippen LogP contribution in [-0.2, 0) is 16.0 Å². The van der Waals surface area contributed by atoms with Crippen LogP contribution in [0.5, 0.6) is 0 Å². The zero-order chi connectivity index (χ0) is 15.7. The molecule has 1 fully saturated rings. The molecular weight excluding hydrogens is 302 g/mol. The van der Waals surface area contributed by atoms with Gasteiger partial charge < -0.3 is 10.4 Å². The lowest BCUT2D eigenvalue weighted by atomic mass is 9.82. The molecule has 0 unspecified atom stereocenters. The highest BCUT2D eigenvalue weighted by Crippen LogP contribution is 2.48. The van der Waals surface area contributed by atoms with E-state index in [1.807, 2.05) is 36.4 Å². The Bertz CT molecular complexity index is 611. The molecule has 4 atom stereocenters. The average Bonchev–Trinajstić information content (AvgIpc) is 3.09. The molecule has 0 saturated heterocycles. The van der Waals surface area contributed by atoms with Gasteiger partial charge in [0.05, 0.1) is 11.8 Å². The molecule has 5 heteroatoms. The maximum absolute atomic E-state index is 12.4. The van der Waals surface area contributed by atoms with E-state index in [-0.39, 0.29) is 17.7 Å². The third kappa shape index (κ3) is 2.88. The van der Waals surface area contributed by atoms with Crippen LogP contribution in [0.2, 0.25) is 5.02 Å². The summed E-state index contributed by atoms with van der Waals surface area (Å²) in [6.45, 7) is 0.504. The molecule has 2 N–H and O–H groups in total. The fourth-order valence-electron chi connectivity index (χ4n) is 3.62. The number of hydrogen-bond acceptors (Lipinski definition) is 2. The quantitative estimate of drug-likeness (QED) is 0.820. The number of benzene rings is 1. The van der Waals surface area contributed by atoms with E-state index in [2.05, 4.69) is 5.32 Å². The van der Waals surface area contributed by atoms with Gasteiger partial charge in [0.25, 0.3) is 0 Å². The molecule has 3 rings (SSSR count). The SMILES string of the molecule is O=C(O)[C@@H]1[C@@H](C(=O)NCCc2ccc(Cl)cc2)[C@H]2C=C[C@@H]1C2.